The van der Waals surface area contributed by atoms with E-state index in [1.54, 1.807) is 24.3 Å². The van der Waals surface area contributed by atoms with Crippen molar-refractivity contribution in [1.29, 1.82) is 0 Å². The molecular formula is C24H24N2O8. The number of ether oxygens (including phenoxy) is 5. The molecule has 5 rings (SSSR count). The molecule has 2 aromatic carbocycles. The largest absolute Gasteiger partial charge is 0.493 e. The summed E-state index contributed by atoms with van der Waals surface area (Å²) in [6.45, 7) is 0.512. The number of rotatable bonds is 7. The number of methoxy groups -OCH3 is 2. The highest BCUT2D eigenvalue weighted by molar-refractivity contribution is 5.97. The molecule has 34 heavy (non-hydrogen) atoms. The minimum absolute atomic E-state index is 0.0902. The van der Waals surface area contributed by atoms with Crippen LogP contribution in [0.1, 0.15) is 23.2 Å². The summed E-state index contributed by atoms with van der Waals surface area (Å²) in [4.78, 5) is 40.0. The highest BCUT2D eigenvalue weighted by Gasteiger charge is 2.24. The zero-order chi connectivity index (χ0) is 23.8. The summed E-state index contributed by atoms with van der Waals surface area (Å²) in [5.41, 5.74) is -0.412. The molecule has 1 atom stereocenters. The lowest BCUT2D eigenvalue weighted by Crippen LogP contribution is -2.43. The van der Waals surface area contributed by atoms with E-state index < -0.39 is 11.2 Å². The Hall–Kier alpha value is -3.79. The minimum Gasteiger partial charge on any atom is -0.493 e. The predicted octanol–water partition coefficient (Wildman–Crippen LogP) is 1.97. The van der Waals surface area contributed by atoms with Crippen molar-refractivity contribution in [1.82, 2.24) is 9.13 Å². The lowest BCUT2D eigenvalue weighted by Gasteiger charge is -2.17. The van der Waals surface area contributed by atoms with Gasteiger partial charge in [-0.15, -0.1) is 0 Å². The second kappa shape index (κ2) is 8.86. The van der Waals surface area contributed by atoms with E-state index in [0.29, 0.717) is 35.2 Å². The molecule has 3 heterocycles. The molecule has 10 heteroatoms. The van der Waals surface area contributed by atoms with Crippen LogP contribution in [-0.2, 0) is 17.8 Å². The molecule has 1 unspecified atom stereocenters. The van der Waals surface area contributed by atoms with Gasteiger partial charge in [-0.1, -0.05) is 0 Å². The number of benzene rings is 2. The van der Waals surface area contributed by atoms with Crippen LogP contribution in [0.2, 0.25) is 0 Å². The van der Waals surface area contributed by atoms with Crippen molar-refractivity contribution in [3.63, 3.8) is 0 Å². The van der Waals surface area contributed by atoms with Crippen molar-refractivity contribution in [2.24, 2.45) is 0 Å². The molecule has 0 bridgehead atoms. The van der Waals surface area contributed by atoms with Gasteiger partial charge < -0.3 is 23.7 Å². The van der Waals surface area contributed by atoms with E-state index in [1.165, 1.54) is 24.9 Å². The second-order valence-corrected chi connectivity index (χ2v) is 8.14. The van der Waals surface area contributed by atoms with E-state index in [2.05, 4.69) is 0 Å². The molecule has 178 valence electrons. The zero-order valence-electron chi connectivity index (χ0n) is 18.9. The maximum Gasteiger partial charge on any atom is 0.331 e. The zero-order valence-corrected chi connectivity index (χ0v) is 18.9. The maximum atomic E-state index is 13.5. The van der Waals surface area contributed by atoms with Gasteiger partial charge in [-0.2, -0.15) is 0 Å². The van der Waals surface area contributed by atoms with Crippen LogP contribution in [0.25, 0.3) is 10.9 Å². The van der Waals surface area contributed by atoms with Crippen molar-refractivity contribution in [3.05, 3.63) is 56.7 Å². The number of carbonyl (C=O) groups is 1. The molecule has 0 radical (unpaired) electrons. The predicted molar refractivity (Wildman–Crippen MR) is 121 cm³/mol. The Bertz CT molecular complexity index is 1380. The van der Waals surface area contributed by atoms with Gasteiger partial charge in [0.1, 0.15) is 0 Å². The average Bonchev–Trinajstić information content (AvgIpc) is 3.54. The van der Waals surface area contributed by atoms with Crippen molar-refractivity contribution < 1.29 is 28.5 Å². The van der Waals surface area contributed by atoms with Gasteiger partial charge in [-0.3, -0.25) is 18.7 Å². The van der Waals surface area contributed by atoms with Crippen molar-refractivity contribution >= 4 is 16.7 Å². The molecule has 1 fully saturated rings. The maximum absolute atomic E-state index is 13.5. The van der Waals surface area contributed by atoms with E-state index in [1.807, 2.05) is 0 Å². The van der Waals surface area contributed by atoms with Crippen LogP contribution in [0.15, 0.2) is 39.9 Å². The summed E-state index contributed by atoms with van der Waals surface area (Å²) >= 11 is 0. The van der Waals surface area contributed by atoms with E-state index in [9.17, 15) is 14.4 Å². The van der Waals surface area contributed by atoms with Crippen molar-refractivity contribution in [2.75, 3.05) is 27.6 Å². The van der Waals surface area contributed by atoms with Gasteiger partial charge >= 0.3 is 5.69 Å². The number of fused-ring (bicyclic) bond motifs is 2. The lowest BCUT2D eigenvalue weighted by atomic mass is 10.1. The van der Waals surface area contributed by atoms with Crippen LogP contribution < -0.4 is 30.2 Å². The van der Waals surface area contributed by atoms with E-state index in [0.717, 1.165) is 17.4 Å². The molecule has 0 aliphatic carbocycles. The van der Waals surface area contributed by atoms with Gasteiger partial charge in [-0.05, 0) is 37.1 Å². The number of Topliss-reactive ketones (excluding diaryl/α,β-unsaturated/α-hetero) is 1. The topological polar surface area (TPSA) is 107 Å². The Balaban J connectivity index is 1.64. The Morgan fingerprint density at radius 2 is 1.79 bits per heavy atom. The SMILES string of the molecule is COc1cc2c(=O)n(CC3CCCO3)c(=O)n(CC(=O)c3ccc4c(c3)OCO4)c2cc1OC. The highest BCUT2D eigenvalue weighted by Crippen LogP contribution is 2.33. The van der Waals surface area contributed by atoms with Gasteiger partial charge in [0.25, 0.3) is 5.56 Å². The Morgan fingerprint density at radius 3 is 2.53 bits per heavy atom. The molecular weight excluding hydrogens is 444 g/mol. The summed E-state index contributed by atoms with van der Waals surface area (Å²) in [5, 5.41) is 0.244. The fourth-order valence-corrected chi connectivity index (χ4v) is 4.35. The van der Waals surface area contributed by atoms with Crippen LogP contribution in [0.5, 0.6) is 23.0 Å². The number of ketones is 1. The quantitative estimate of drug-likeness (QED) is 0.485. The Morgan fingerprint density at radius 1 is 1.03 bits per heavy atom. The normalized spacial score (nSPS) is 16.7. The molecule has 2 aliphatic rings. The van der Waals surface area contributed by atoms with E-state index in [4.69, 9.17) is 23.7 Å². The van der Waals surface area contributed by atoms with Crippen LogP contribution in [0.4, 0.5) is 0 Å². The van der Waals surface area contributed by atoms with Crippen molar-refractivity contribution in [2.45, 2.75) is 32.0 Å². The standard InChI is InChI=1S/C24H24N2O8/c1-30-20-9-16-17(10-21(20)31-2)25(24(29)26(23(16)28)11-15-4-3-7-32-15)12-18(27)14-5-6-19-22(8-14)34-13-33-19/h5-6,8-10,15H,3-4,7,11-13H2,1-2H3. The average molecular weight is 468 g/mol. The third-order valence-electron chi connectivity index (χ3n) is 6.14. The lowest BCUT2D eigenvalue weighted by molar-refractivity contribution is 0.0938. The Labute approximate surface area is 194 Å². The first-order valence-electron chi connectivity index (χ1n) is 10.9. The first-order chi connectivity index (χ1) is 16.5. The van der Waals surface area contributed by atoms with Crippen LogP contribution in [0.3, 0.4) is 0 Å². The van der Waals surface area contributed by atoms with E-state index in [-0.39, 0.29) is 42.7 Å². The molecule has 1 saturated heterocycles. The molecule has 3 aromatic rings. The molecule has 0 spiro atoms. The summed E-state index contributed by atoms with van der Waals surface area (Å²) in [6.07, 6.45) is 1.39. The smallest absolute Gasteiger partial charge is 0.331 e. The minimum atomic E-state index is -0.589. The highest BCUT2D eigenvalue weighted by atomic mass is 16.7. The molecule has 10 nitrogen and oxygen atoms in total. The number of aromatic nitrogens is 2. The molecule has 0 amide bonds. The number of carbonyl (C=O) groups excluding carboxylic acids is 1. The second-order valence-electron chi connectivity index (χ2n) is 8.14. The van der Waals surface area contributed by atoms with Crippen LogP contribution >= 0.6 is 0 Å². The summed E-state index contributed by atoms with van der Waals surface area (Å²) < 4.78 is 29.5. The summed E-state index contributed by atoms with van der Waals surface area (Å²) in [6, 6.07) is 7.94. The Kier molecular flexibility index (Phi) is 5.74. The first-order valence-corrected chi connectivity index (χ1v) is 10.9. The van der Waals surface area contributed by atoms with Gasteiger partial charge in [-0.25, -0.2) is 4.79 Å². The van der Waals surface area contributed by atoms with Gasteiger partial charge in [0.05, 0.1) is 44.3 Å². The van der Waals surface area contributed by atoms with Crippen molar-refractivity contribution in [3.8, 4) is 23.0 Å². The molecule has 2 aliphatic heterocycles. The summed E-state index contributed by atoms with van der Waals surface area (Å²) in [5.74, 6) is 1.40. The van der Waals surface area contributed by atoms with Crippen LogP contribution in [0, 0.1) is 0 Å². The third-order valence-corrected chi connectivity index (χ3v) is 6.14. The van der Waals surface area contributed by atoms with Gasteiger partial charge in [0.2, 0.25) is 6.79 Å². The fraction of sp³-hybridized carbons (Fsp3) is 0.375. The molecule has 0 N–H and O–H groups in total. The first kappa shape index (κ1) is 22.0. The number of nitrogens with zero attached hydrogens (tertiary/aromatic N) is 2. The molecule has 0 saturated carbocycles. The van der Waals surface area contributed by atoms with E-state index >= 15 is 0 Å². The van der Waals surface area contributed by atoms with Gasteiger partial charge in [0.15, 0.2) is 28.8 Å². The number of hydrogen-bond acceptors (Lipinski definition) is 8. The summed E-state index contributed by atoms with van der Waals surface area (Å²) in [7, 11) is 2.93. The monoisotopic (exact) mass is 468 g/mol. The van der Waals surface area contributed by atoms with Crippen LogP contribution in [-0.4, -0.2) is 48.6 Å². The van der Waals surface area contributed by atoms with Gasteiger partial charge in [0, 0.05) is 18.2 Å². The fourth-order valence-electron chi connectivity index (χ4n) is 4.35. The third kappa shape index (κ3) is 3.79. The molecule has 1 aromatic heterocycles. The number of hydrogen-bond donors (Lipinski definition) is 0.